The van der Waals surface area contributed by atoms with Crippen LogP contribution >= 0.6 is 0 Å². The smallest absolute Gasteiger partial charge is 0.407 e. The maximum atomic E-state index is 12.5. The predicted octanol–water partition coefficient (Wildman–Crippen LogP) is 4.46. The lowest BCUT2D eigenvalue weighted by molar-refractivity contribution is -0.143. The molecule has 2 aliphatic carbocycles. The second-order valence-electron chi connectivity index (χ2n) is 7.69. The lowest BCUT2D eigenvalue weighted by Gasteiger charge is -2.32. The Labute approximate surface area is 173 Å². The Kier molecular flexibility index (Phi) is 5.59. The number of rotatable bonds is 5. The van der Waals surface area contributed by atoms with Crippen molar-refractivity contribution >= 4 is 12.1 Å². The minimum Gasteiger partial charge on any atom is -0.481 e. The minimum absolute atomic E-state index is 0.0564. The molecule has 2 aliphatic rings. The van der Waals surface area contributed by atoms with Gasteiger partial charge in [-0.05, 0) is 47.0 Å². The highest BCUT2D eigenvalue weighted by Crippen LogP contribution is 2.44. The topological polar surface area (TPSA) is 124 Å². The molecule has 8 heteroatoms. The van der Waals surface area contributed by atoms with Crippen LogP contribution in [0.25, 0.3) is 21.6 Å². The van der Waals surface area contributed by atoms with E-state index < -0.39 is 24.0 Å². The number of carbonyl (C=O) groups excluding carboxylic acids is 1. The third kappa shape index (κ3) is 3.82. The first-order valence-electron chi connectivity index (χ1n) is 9.97. The Morgan fingerprint density at radius 2 is 1.73 bits per heavy atom. The van der Waals surface area contributed by atoms with Crippen LogP contribution in [-0.2, 0) is 9.53 Å². The zero-order valence-electron chi connectivity index (χ0n) is 16.3. The summed E-state index contributed by atoms with van der Waals surface area (Å²) in [5.41, 5.74) is 13.1. The lowest BCUT2D eigenvalue weighted by atomic mass is 9.82. The monoisotopic (exact) mass is 406 g/mol. The standard InChI is InChI=1S/C22H22N4O4/c23-26-25-13-9-10-20(18(11-13)21(27)28)24-22(29)30-12-19-16-7-3-1-5-14(16)15-6-2-4-8-17(15)19/h1-8,13,18-20H,9-12H2,(H,24,29)(H,27,28). The number of azide groups is 1. The summed E-state index contributed by atoms with van der Waals surface area (Å²) in [6, 6.07) is 15.2. The van der Waals surface area contributed by atoms with Gasteiger partial charge in [0.15, 0.2) is 0 Å². The molecule has 2 aromatic rings. The zero-order valence-corrected chi connectivity index (χ0v) is 16.3. The van der Waals surface area contributed by atoms with E-state index in [4.69, 9.17) is 10.3 Å². The van der Waals surface area contributed by atoms with E-state index in [1.807, 2.05) is 36.4 Å². The number of aliphatic carboxylic acids is 1. The van der Waals surface area contributed by atoms with Gasteiger partial charge in [0.05, 0.1) is 5.92 Å². The van der Waals surface area contributed by atoms with Crippen LogP contribution < -0.4 is 5.32 Å². The van der Waals surface area contributed by atoms with Crippen molar-refractivity contribution in [3.05, 3.63) is 70.1 Å². The Bertz CT molecular complexity index is 972. The molecule has 3 atom stereocenters. The van der Waals surface area contributed by atoms with Crippen molar-refractivity contribution in [3.63, 3.8) is 0 Å². The Hall–Kier alpha value is -3.51. The van der Waals surface area contributed by atoms with E-state index in [1.165, 1.54) is 0 Å². The molecular weight excluding hydrogens is 384 g/mol. The van der Waals surface area contributed by atoms with Gasteiger partial charge >= 0.3 is 12.1 Å². The normalized spacial score (nSPS) is 22.3. The van der Waals surface area contributed by atoms with E-state index in [0.717, 1.165) is 22.3 Å². The second kappa shape index (κ2) is 8.47. The molecule has 0 spiro atoms. The van der Waals surface area contributed by atoms with Crippen molar-refractivity contribution in [2.24, 2.45) is 11.0 Å². The fourth-order valence-electron chi connectivity index (χ4n) is 4.56. The number of hydrogen-bond donors (Lipinski definition) is 2. The van der Waals surface area contributed by atoms with Crippen LogP contribution in [0.3, 0.4) is 0 Å². The van der Waals surface area contributed by atoms with Gasteiger partial charge in [-0.3, -0.25) is 4.79 Å². The van der Waals surface area contributed by atoms with Gasteiger partial charge in [-0.25, -0.2) is 4.79 Å². The average Bonchev–Trinajstić information content (AvgIpc) is 3.07. The number of fused-ring (bicyclic) bond motifs is 3. The highest BCUT2D eigenvalue weighted by atomic mass is 16.5. The van der Waals surface area contributed by atoms with E-state index in [0.29, 0.717) is 12.8 Å². The summed E-state index contributed by atoms with van der Waals surface area (Å²) in [5.74, 6) is -1.88. The first-order valence-corrected chi connectivity index (χ1v) is 9.97. The van der Waals surface area contributed by atoms with Gasteiger partial charge in [0.2, 0.25) is 0 Å². The molecule has 0 aliphatic heterocycles. The van der Waals surface area contributed by atoms with Gasteiger partial charge in [-0.2, -0.15) is 0 Å². The van der Waals surface area contributed by atoms with E-state index >= 15 is 0 Å². The third-order valence-corrected chi connectivity index (χ3v) is 6.00. The molecule has 2 aromatic carbocycles. The molecule has 3 unspecified atom stereocenters. The SMILES string of the molecule is [N-]=[N+]=NC1CCC(NC(=O)OCC2c3ccccc3-c3ccccc32)C(C(=O)O)C1. The third-order valence-electron chi connectivity index (χ3n) is 6.00. The zero-order chi connectivity index (χ0) is 21.1. The van der Waals surface area contributed by atoms with Gasteiger partial charge in [0.1, 0.15) is 6.61 Å². The molecule has 0 radical (unpaired) electrons. The summed E-state index contributed by atoms with van der Waals surface area (Å²) in [6.45, 7) is 0.172. The minimum atomic E-state index is -1.02. The van der Waals surface area contributed by atoms with Gasteiger partial charge in [0, 0.05) is 22.9 Å². The summed E-state index contributed by atoms with van der Waals surface area (Å²) in [4.78, 5) is 26.8. The van der Waals surface area contributed by atoms with Gasteiger partial charge in [-0.15, -0.1) is 0 Å². The summed E-state index contributed by atoms with van der Waals surface area (Å²) in [6.07, 6.45) is 0.524. The van der Waals surface area contributed by atoms with E-state index in [1.54, 1.807) is 0 Å². The molecular formula is C22H22N4O4. The summed E-state index contributed by atoms with van der Waals surface area (Å²) < 4.78 is 5.52. The molecule has 1 amide bonds. The molecule has 4 rings (SSSR count). The highest BCUT2D eigenvalue weighted by Gasteiger charge is 2.36. The van der Waals surface area contributed by atoms with Crippen molar-refractivity contribution in [3.8, 4) is 11.1 Å². The number of hydrogen-bond acceptors (Lipinski definition) is 4. The molecule has 1 saturated carbocycles. The number of alkyl carbamates (subject to hydrolysis) is 1. The molecule has 0 saturated heterocycles. The fourth-order valence-corrected chi connectivity index (χ4v) is 4.56. The molecule has 0 heterocycles. The quantitative estimate of drug-likeness (QED) is 0.432. The average molecular weight is 406 g/mol. The number of nitrogens with zero attached hydrogens (tertiary/aromatic N) is 3. The number of nitrogens with one attached hydrogen (secondary N) is 1. The predicted molar refractivity (Wildman–Crippen MR) is 110 cm³/mol. The molecule has 8 nitrogen and oxygen atoms in total. The summed E-state index contributed by atoms with van der Waals surface area (Å²) >= 11 is 0. The van der Waals surface area contributed by atoms with Crippen molar-refractivity contribution in [2.45, 2.75) is 37.3 Å². The van der Waals surface area contributed by atoms with Crippen molar-refractivity contribution < 1.29 is 19.4 Å². The summed E-state index contributed by atoms with van der Waals surface area (Å²) in [5, 5.41) is 15.8. The number of carboxylic acids is 1. The Balaban J connectivity index is 1.42. The Morgan fingerprint density at radius 3 is 2.33 bits per heavy atom. The van der Waals surface area contributed by atoms with Crippen molar-refractivity contribution in [1.82, 2.24) is 5.32 Å². The van der Waals surface area contributed by atoms with E-state index in [2.05, 4.69) is 27.5 Å². The largest absolute Gasteiger partial charge is 0.481 e. The number of carboxylic acid groups (broad SMARTS) is 1. The van der Waals surface area contributed by atoms with Crippen LogP contribution in [-0.4, -0.2) is 35.9 Å². The molecule has 30 heavy (non-hydrogen) atoms. The van der Waals surface area contributed by atoms with E-state index in [-0.39, 0.29) is 25.0 Å². The van der Waals surface area contributed by atoms with Crippen LogP contribution in [0, 0.1) is 5.92 Å². The van der Waals surface area contributed by atoms with Gasteiger partial charge in [0.25, 0.3) is 0 Å². The van der Waals surface area contributed by atoms with Crippen LogP contribution in [0.2, 0.25) is 0 Å². The Morgan fingerprint density at radius 1 is 1.10 bits per heavy atom. The van der Waals surface area contributed by atoms with Crippen LogP contribution in [0.5, 0.6) is 0 Å². The number of carbonyl (C=O) groups is 2. The summed E-state index contributed by atoms with van der Waals surface area (Å²) in [7, 11) is 0. The maximum Gasteiger partial charge on any atom is 0.407 e. The van der Waals surface area contributed by atoms with Crippen LogP contribution in [0.1, 0.15) is 36.3 Å². The van der Waals surface area contributed by atoms with Gasteiger partial charge in [-0.1, -0.05) is 53.6 Å². The second-order valence-corrected chi connectivity index (χ2v) is 7.69. The fraction of sp³-hybridized carbons (Fsp3) is 0.364. The molecule has 2 N–H and O–H groups in total. The molecule has 0 aromatic heterocycles. The molecule has 154 valence electrons. The van der Waals surface area contributed by atoms with Crippen LogP contribution in [0.4, 0.5) is 4.79 Å². The first kappa shape index (κ1) is 19.8. The number of benzene rings is 2. The van der Waals surface area contributed by atoms with Crippen LogP contribution in [0.15, 0.2) is 53.6 Å². The van der Waals surface area contributed by atoms with E-state index in [9.17, 15) is 14.7 Å². The number of ether oxygens (including phenoxy) is 1. The van der Waals surface area contributed by atoms with Crippen molar-refractivity contribution in [1.29, 1.82) is 0 Å². The molecule has 0 bridgehead atoms. The first-order chi connectivity index (χ1) is 14.6. The molecule has 1 fully saturated rings. The van der Waals surface area contributed by atoms with Crippen molar-refractivity contribution in [2.75, 3.05) is 6.61 Å². The maximum absolute atomic E-state index is 12.5. The number of amides is 1. The highest BCUT2D eigenvalue weighted by molar-refractivity contribution is 5.79. The lowest BCUT2D eigenvalue weighted by Crippen LogP contribution is -2.47. The van der Waals surface area contributed by atoms with Gasteiger partial charge < -0.3 is 15.2 Å².